The Morgan fingerprint density at radius 2 is 2.23 bits per heavy atom. The van der Waals surface area contributed by atoms with Crippen molar-refractivity contribution in [2.75, 3.05) is 0 Å². The molecule has 0 aromatic carbocycles. The van der Waals surface area contributed by atoms with Crippen molar-refractivity contribution in [1.29, 1.82) is 0 Å². The van der Waals surface area contributed by atoms with Gasteiger partial charge in [-0.2, -0.15) is 5.10 Å². The van der Waals surface area contributed by atoms with Crippen LogP contribution in [0, 0.1) is 0 Å². The SMILES string of the molecule is OCc1c(Cl)cnn1C1CCCC1. The van der Waals surface area contributed by atoms with E-state index < -0.39 is 0 Å². The molecule has 1 aliphatic rings. The Kier molecular flexibility index (Phi) is 2.56. The molecule has 1 aliphatic carbocycles. The maximum absolute atomic E-state index is 9.10. The van der Waals surface area contributed by atoms with E-state index >= 15 is 0 Å². The lowest BCUT2D eigenvalue weighted by atomic mass is 10.2. The van der Waals surface area contributed by atoms with Crippen molar-refractivity contribution in [3.8, 4) is 0 Å². The lowest BCUT2D eigenvalue weighted by Gasteiger charge is -2.12. The zero-order valence-corrected chi connectivity index (χ0v) is 8.17. The Hall–Kier alpha value is -0.540. The zero-order chi connectivity index (χ0) is 9.26. The number of nitrogens with zero attached hydrogens (tertiary/aromatic N) is 2. The fraction of sp³-hybridized carbons (Fsp3) is 0.667. The van der Waals surface area contributed by atoms with E-state index in [1.807, 2.05) is 4.68 Å². The van der Waals surface area contributed by atoms with Gasteiger partial charge in [-0.15, -0.1) is 0 Å². The van der Waals surface area contributed by atoms with Gasteiger partial charge in [-0.25, -0.2) is 0 Å². The first kappa shape index (κ1) is 9.03. The minimum absolute atomic E-state index is 0.0185. The molecule has 13 heavy (non-hydrogen) atoms. The van der Waals surface area contributed by atoms with E-state index in [1.54, 1.807) is 6.20 Å². The van der Waals surface area contributed by atoms with Crippen LogP contribution in [-0.4, -0.2) is 14.9 Å². The molecular weight excluding hydrogens is 188 g/mol. The number of aliphatic hydroxyl groups is 1. The highest BCUT2D eigenvalue weighted by atomic mass is 35.5. The van der Waals surface area contributed by atoms with Gasteiger partial charge in [-0.1, -0.05) is 24.4 Å². The topological polar surface area (TPSA) is 38.1 Å². The summed E-state index contributed by atoms with van der Waals surface area (Å²) < 4.78 is 1.88. The molecule has 0 unspecified atom stereocenters. The van der Waals surface area contributed by atoms with E-state index in [0.29, 0.717) is 11.1 Å². The fourth-order valence-electron chi connectivity index (χ4n) is 1.98. The summed E-state index contributed by atoms with van der Waals surface area (Å²) >= 11 is 5.88. The smallest absolute Gasteiger partial charge is 0.0865 e. The second-order valence-corrected chi connectivity index (χ2v) is 3.89. The molecule has 1 aromatic rings. The van der Waals surface area contributed by atoms with Gasteiger partial charge in [0.15, 0.2) is 0 Å². The second-order valence-electron chi connectivity index (χ2n) is 3.48. The molecule has 0 radical (unpaired) electrons. The highest BCUT2D eigenvalue weighted by Gasteiger charge is 2.20. The number of aliphatic hydroxyl groups excluding tert-OH is 1. The summed E-state index contributed by atoms with van der Waals surface area (Å²) in [7, 11) is 0. The lowest BCUT2D eigenvalue weighted by Crippen LogP contribution is -2.10. The summed E-state index contributed by atoms with van der Waals surface area (Å²) in [4.78, 5) is 0. The third-order valence-electron chi connectivity index (χ3n) is 2.67. The molecule has 1 N–H and O–H groups in total. The minimum atomic E-state index is -0.0185. The Morgan fingerprint density at radius 1 is 1.54 bits per heavy atom. The highest BCUT2D eigenvalue weighted by molar-refractivity contribution is 6.31. The number of halogens is 1. The van der Waals surface area contributed by atoms with Crippen LogP contribution in [0.5, 0.6) is 0 Å². The van der Waals surface area contributed by atoms with Gasteiger partial charge in [0.05, 0.1) is 29.6 Å². The van der Waals surface area contributed by atoms with Gasteiger partial charge in [0.25, 0.3) is 0 Å². The summed E-state index contributed by atoms with van der Waals surface area (Å²) in [5.74, 6) is 0. The highest BCUT2D eigenvalue weighted by Crippen LogP contribution is 2.31. The molecule has 4 heteroatoms. The summed E-state index contributed by atoms with van der Waals surface area (Å²) in [6.07, 6.45) is 6.45. The minimum Gasteiger partial charge on any atom is -0.390 e. The summed E-state index contributed by atoms with van der Waals surface area (Å²) in [5.41, 5.74) is 0.758. The van der Waals surface area contributed by atoms with E-state index in [4.69, 9.17) is 16.7 Å². The largest absolute Gasteiger partial charge is 0.390 e. The van der Waals surface area contributed by atoms with Crippen LogP contribution in [0.15, 0.2) is 6.20 Å². The van der Waals surface area contributed by atoms with Gasteiger partial charge in [0, 0.05) is 0 Å². The van der Waals surface area contributed by atoms with Crippen LogP contribution in [0.4, 0.5) is 0 Å². The van der Waals surface area contributed by atoms with Gasteiger partial charge in [-0.3, -0.25) is 4.68 Å². The van der Waals surface area contributed by atoms with Crippen LogP contribution in [0.3, 0.4) is 0 Å². The first-order chi connectivity index (χ1) is 6.33. The molecule has 1 saturated carbocycles. The lowest BCUT2D eigenvalue weighted by molar-refractivity contribution is 0.261. The Morgan fingerprint density at radius 3 is 2.85 bits per heavy atom. The van der Waals surface area contributed by atoms with E-state index in [9.17, 15) is 0 Å². The van der Waals surface area contributed by atoms with Crippen LogP contribution in [0.2, 0.25) is 5.02 Å². The maximum Gasteiger partial charge on any atom is 0.0865 e. The Balaban J connectivity index is 2.27. The van der Waals surface area contributed by atoms with E-state index in [2.05, 4.69) is 5.10 Å². The number of hydrogen-bond donors (Lipinski definition) is 1. The number of rotatable bonds is 2. The van der Waals surface area contributed by atoms with Gasteiger partial charge in [-0.05, 0) is 12.8 Å². The molecule has 1 aromatic heterocycles. The Labute approximate surface area is 82.3 Å². The molecular formula is C9H13ClN2O. The van der Waals surface area contributed by atoms with Gasteiger partial charge in [0.2, 0.25) is 0 Å². The molecule has 2 rings (SSSR count). The molecule has 0 atom stereocenters. The van der Waals surface area contributed by atoms with E-state index in [1.165, 1.54) is 12.8 Å². The fourth-order valence-corrected chi connectivity index (χ4v) is 2.17. The molecule has 72 valence electrons. The third kappa shape index (κ3) is 1.58. The average Bonchev–Trinajstić information content (AvgIpc) is 2.71. The van der Waals surface area contributed by atoms with Crippen molar-refractivity contribution < 1.29 is 5.11 Å². The summed E-state index contributed by atoms with van der Waals surface area (Å²) in [6, 6.07) is 0.453. The van der Waals surface area contributed by atoms with Crippen molar-refractivity contribution in [2.45, 2.75) is 38.3 Å². The van der Waals surface area contributed by atoms with Crippen molar-refractivity contribution in [3.05, 3.63) is 16.9 Å². The predicted molar refractivity (Wildman–Crippen MR) is 50.7 cm³/mol. The normalized spacial score (nSPS) is 18.3. The molecule has 0 spiro atoms. The van der Waals surface area contributed by atoms with E-state index in [-0.39, 0.29) is 6.61 Å². The molecule has 1 heterocycles. The molecule has 0 aliphatic heterocycles. The first-order valence-corrected chi connectivity index (χ1v) is 5.03. The van der Waals surface area contributed by atoms with Gasteiger partial charge < -0.3 is 5.11 Å². The van der Waals surface area contributed by atoms with Crippen molar-refractivity contribution in [1.82, 2.24) is 9.78 Å². The standard InChI is InChI=1S/C9H13ClN2O/c10-8-5-11-12(9(8)6-13)7-3-1-2-4-7/h5,7,13H,1-4,6H2. The van der Waals surface area contributed by atoms with Crippen molar-refractivity contribution >= 4 is 11.6 Å². The quantitative estimate of drug-likeness (QED) is 0.795. The predicted octanol–water partition coefficient (Wildman–Crippen LogP) is 2.14. The number of aromatic nitrogens is 2. The molecule has 0 amide bonds. The first-order valence-electron chi connectivity index (χ1n) is 4.65. The summed E-state index contributed by atoms with van der Waals surface area (Å²) in [5, 5.41) is 13.9. The van der Waals surface area contributed by atoms with Crippen molar-refractivity contribution in [2.24, 2.45) is 0 Å². The van der Waals surface area contributed by atoms with Crippen molar-refractivity contribution in [3.63, 3.8) is 0 Å². The van der Waals surface area contributed by atoms with Gasteiger partial charge in [0.1, 0.15) is 0 Å². The van der Waals surface area contributed by atoms with Crippen LogP contribution in [0.1, 0.15) is 37.4 Å². The number of hydrogen-bond acceptors (Lipinski definition) is 2. The molecule has 0 bridgehead atoms. The van der Waals surface area contributed by atoms with Crippen LogP contribution in [-0.2, 0) is 6.61 Å². The zero-order valence-electron chi connectivity index (χ0n) is 7.41. The van der Waals surface area contributed by atoms with E-state index in [0.717, 1.165) is 18.5 Å². The summed E-state index contributed by atoms with van der Waals surface area (Å²) in [6.45, 7) is -0.0185. The maximum atomic E-state index is 9.10. The third-order valence-corrected chi connectivity index (χ3v) is 2.98. The molecule has 0 saturated heterocycles. The van der Waals surface area contributed by atoms with Crippen LogP contribution >= 0.6 is 11.6 Å². The van der Waals surface area contributed by atoms with Crippen LogP contribution in [0.25, 0.3) is 0 Å². The second kappa shape index (κ2) is 3.68. The van der Waals surface area contributed by atoms with Crippen LogP contribution < -0.4 is 0 Å². The monoisotopic (exact) mass is 200 g/mol. The molecule has 3 nitrogen and oxygen atoms in total. The van der Waals surface area contributed by atoms with Gasteiger partial charge >= 0.3 is 0 Å². The molecule has 1 fully saturated rings. The Bertz CT molecular complexity index is 292. The average molecular weight is 201 g/mol.